The van der Waals surface area contributed by atoms with Gasteiger partial charge in [-0.05, 0) is 17.7 Å². The van der Waals surface area contributed by atoms with E-state index in [0.717, 1.165) is 11.3 Å². The first kappa shape index (κ1) is 12.6. The van der Waals surface area contributed by atoms with Crippen molar-refractivity contribution in [2.45, 2.75) is 19.4 Å². The zero-order valence-electron chi connectivity index (χ0n) is 11.2. The van der Waals surface area contributed by atoms with Crippen molar-refractivity contribution in [1.29, 1.82) is 0 Å². The van der Waals surface area contributed by atoms with Crippen molar-refractivity contribution in [3.05, 3.63) is 65.7 Å². The Bertz CT molecular complexity index is 664. The number of carbonyl (C=O) groups excluding carboxylic acids is 2. The number of Topliss-reactive ketones (excluding diaryl/α,β-unsaturated/α-hetero) is 1. The molecular formula is C17H15NO2. The highest BCUT2D eigenvalue weighted by molar-refractivity contribution is 6.17. The second-order valence-corrected chi connectivity index (χ2v) is 4.98. The number of nitrogens with zero attached hydrogens (tertiary/aromatic N) is 1. The number of rotatable bonds is 2. The molecule has 1 amide bonds. The van der Waals surface area contributed by atoms with Gasteiger partial charge in [0.05, 0.1) is 5.69 Å². The van der Waals surface area contributed by atoms with Crippen LogP contribution in [-0.4, -0.2) is 17.7 Å². The summed E-state index contributed by atoms with van der Waals surface area (Å²) in [5, 5.41) is 0. The second kappa shape index (κ2) is 4.93. The fourth-order valence-corrected chi connectivity index (χ4v) is 2.77. The van der Waals surface area contributed by atoms with E-state index in [2.05, 4.69) is 0 Å². The summed E-state index contributed by atoms with van der Waals surface area (Å²) >= 11 is 0. The van der Waals surface area contributed by atoms with Crippen molar-refractivity contribution in [2.24, 2.45) is 0 Å². The minimum atomic E-state index is -0.424. The Balaban J connectivity index is 1.99. The largest absolute Gasteiger partial charge is 0.301 e. The number of ketones is 1. The van der Waals surface area contributed by atoms with E-state index in [4.69, 9.17) is 0 Å². The van der Waals surface area contributed by atoms with Gasteiger partial charge in [-0.25, -0.2) is 0 Å². The lowest BCUT2D eigenvalue weighted by atomic mass is 10.0. The molecule has 1 aliphatic heterocycles. The lowest BCUT2D eigenvalue weighted by molar-refractivity contribution is -0.116. The van der Waals surface area contributed by atoms with E-state index >= 15 is 0 Å². The maximum absolute atomic E-state index is 12.5. The van der Waals surface area contributed by atoms with Crippen LogP contribution in [0.15, 0.2) is 54.6 Å². The molecule has 3 nitrogen and oxygen atoms in total. The highest BCUT2D eigenvalue weighted by atomic mass is 16.2. The van der Waals surface area contributed by atoms with Crippen LogP contribution in [0.25, 0.3) is 0 Å². The van der Waals surface area contributed by atoms with Gasteiger partial charge in [-0.3, -0.25) is 9.59 Å². The average molecular weight is 265 g/mol. The third kappa shape index (κ3) is 2.01. The second-order valence-electron chi connectivity index (χ2n) is 4.98. The van der Waals surface area contributed by atoms with Crippen LogP contribution in [0.2, 0.25) is 0 Å². The SMILES string of the molecule is CC(=O)N1c2ccccc2C(=O)[C@@H]1Cc1ccccc1. The fourth-order valence-electron chi connectivity index (χ4n) is 2.77. The predicted octanol–water partition coefficient (Wildman–Crippen LogP) is 2.85. The van der Waals surface area contributed by atoms with Crippen molar-refractivity contribution in [1.82, 2.24) is 0 Å². The van der Waals surface area contributed by atoms with E-state index in [0.29, 0.717) is 12.0 Å². The van der Waals surface area contributed by atoms with Gasteiger partial charge in [-0.15, -0.1) is 0 Å². The molecule has 20 heavy (non-hydrogen) atoms. The number of benzene rings is 2. The Hall–Kier alpha value is -2.42. The number of para-hydroxylation sites is 1. The summed E-state index contributed by atoms with van der Waals surface area (Å²) in [6.07, 6.45) is 0.550. The van der Waals surface area contributed by atoms with E-state index in [9.17, 15) is 9.59 Å². The molecule has 2 aromatic rings. The van der Waals surface area contributed by atoms with Gasteiger partial charge in [-0.1, -0.05) is 42.5 Å². The molecular weight excluding hydrogens is 250 g/mol. The molecule has 2 aromatic carbocycles. The maximum Gasteiger partial charge on any atom is 0.224 e. The van der Waals surface area contributed by atoms with Gasteiger partial charge in [0.2, 0.25) is 5.91 Å². The van der Waals surface area contributed by atoms with E-state index in [-0.39, 0.29) is 11.7 Å². The summed E-state index contributed by atoms with van der Waals surface area (Å²) in [5.74, 6) is -0.0658. The first-order valence-electron chi connectivity index (χ1n) is 6.65. The van der Waals surface area contributed by atoms with Gasteiger partial charge in [0.15, 0.2) is 5.78 Å². The average Bonchev–Trinajstić information content (AvgIpc) is 2.74. The summed E-state index contributed by atoms with van der Waals surface area (Å²) in [6.45, 7) is 1.51. The van der Waals surface area contributed by atoms with Gasteiger partial charge in [-0.2, -0.15) is 0 Å². The molecule has 1 aliphatic rings. The van der Waals surface area contributed by atoms with Crippen molar-refractivity contribution >= 4 is 17.4 Å². The summed E-state index contributed by atoms with van der Waals surface area (Å²) in [4.78, 5) is 26.1. The summed E-state index contributed by atoms with van der Waals surface area (Å²) in [5.41, 5.74) is 2.43. The molecule has 0 aliphatic carbocycles. The molecule has 1 atom stereocenters. The van der Waals surface area contributed by atoms with E-state index in [1.165, 1.54) is 6.92 Å². The van der Waals surface area contributed by atoms with Gasteiger partial charge >= 0.3 is 0 Å². The molecule has 0 radical (unpaired) electrons. The Morgan fingerprint density at radius 1 is 1.05 bits per heavy atom. The lowest BCUT2D eigenvalue weighted by Gasteiger charge is -2.22. The van der Waals surface area contributed by atoms with E-state index in [1.807, 2.05) is 48.5 Å². The molecule has 100 valence electrons. The predicted molar refractivity (Wildman–Crippen MR) is 77.9 cm³/mol. The van der Waals surface area contributed by atoms with Crippen molar-refractivity contribution in [2.75, 3.05) is 4.90 Å². The molecule has 0 spiro atoms. The summed E-state index contributed by atoms with van der Waals surface area (Å²) < 4.78 is 0. The first-order chi connectivity index (χ1) is 9.68. The van der Waals surface area contributed by atoms with E-state index in [1.54, 1.807) is 11.0 Å². The third-order valence-corrected chi connectivity index (χ3v) is 3.65. The van der Waals surface area contributed by atoms with E-state index < -0.39 is 6.04 Å². The number of amides is 1. The summed E-state index contributed by atoms with van der Waals surface area (Å²) in [6, 6.07) is 16.7. The minimum absolute atomic E-state index is 0.0275. The highest BCUT2D eigenvalue weighted by Crippen LogP contribution is 2.33. The molecule has 0 fully saturated rings. The van der Waals surface area contributed by atoms with Crippen LogP contribution in [0.1, 0.15) is 22.8 Å². The molecule has 0 bridgehead atoms. The smallest absolute Gasteiger partial charge is 0.224 e. The van der Waals surface area contributed by atoms with Crippen LogP contribution in [0.4, 0.5) is 5.69 Å². The Labute approximate surface area is 117 Å². The van der Waals surface area contributed by atoms with Crippen LogP contribution in [0.5, 0.6) is 0 Å². The number of hydrogen-bond donors (Lipinski definition) is 0. The van der Waals surface area contributed by atoms with Crippen LogP contribution in [-0.2, 0) is 11.2 Å². The highest BCUT2D eigenvalue weighted by Gasteiger charge is 2.38. The first-order valence-corrected chi connectivity index (χ1v) is 6.65. The van der Waals surface area contributed by atoms with Crippen LogP contribution < -0.4 is 4.90 Å². The molecule has 0 aromatic heterocycles. The number of hydrogen-bond acceptors (Lipinski definition) is 2. The number of carbonyl (C=O) groups is 2. The van der Waals surface area contributed by atoms with Gasteiger partial charge in [0.25, 0.3) is 0 Å². The van der Waals surface area contributed by atoms with Crippen LogP contribution >= 0.6 is 0 Å². The third-order valence-electron chi connectivity index (χ3n) is 3.65. The topological polar surface area (TPSA) is 37.4 Å². The zero-order chi connectivity index (χ0) is 14.1. The van der Waals surface area contributed by atoms with Crippen molar-refractivity contribution in [3.63, 3.8) is 0 Å². The van der Waals surface area contributed by atoms with Crippen molar-refractivity contribution < 1.29 is 9.59 Å². The standard InChI is InChI=1S/C17H15NO2/c1-12(19)18-15-10-6-5-9-14(15)17(20)16(18)11-13-7-3-2-4-8-13/h2-10,16H,11H2,1H3/t16-/m0/s1. The van der Waals surface area contributed by atoms with Gasteiger partial charge in [0, 0.05) is 18.9 Å². The number of fused-ring (bicyclic) bond motifs is 1. The van der Waals surface area contributed by atoms with Gasteiger partial charge in [0.1, 0.15) is 6.04 Å². The molecule has 0 saturated carbocycles. The Morgan fingerprint density at radius 2 is 1.70 bits per heavy atom. The maximum atomic E-state index is 12.5. The normalized spacial score (nSPS) is 17.1. The lowest BCUT2D eigenvalue weighted by Crippen LogP contribution is -2.40. The van der Waals surface area contributed by atoms with Gasteiger partial charge < -0.3 is 4.90 Å². The molecule has 0 N–H and O–H groups in total. The van der Waals surface area contributed by atoms with Crippen molar-refractivity contribution in [3.8, 4) is 0 Å². The molecule has 0 saturated heterocycles. The summed E-state index contributed by atoms with van der Waals surface area (Å²) in [7, 11) is 0. The zero-order valence-corrected chi connectivity index (χ0v) is 11.2. The quantitative estimate of drug-likeness (QED) is 0.837. The fraction of sp³-hybridized carbons (Fsp3) is 0.176. The van der Waals surface area contributed by atoms with Crippen LogP contribution in [0, 0.1) is 0 Å². The Morgan fingerprint density at radius 3 is 2.40 bits per heavy atom. The molecule has 3 heteroatoms. The molecule has 3 rings (SSSR count). The molecule has 1 heterocycles. The Kier molecular flexibility index (Phi) is 3.11. The number of anilines is 1. The molecule has 0 unspecified atom stereocenters. The van der Waals surface area contributed by atoms with Crippen LogP contribution in [0.3, 0.4) is 0 Å². The monoisotopic (exact) mass is 265 g/mol. The minimum Gasteiger partial charge on any atom is -0.301 e.